The van der Waals surface area contributed by atoms with Crippen LogP contribution in [-0.2, 0) is 9.53 Å². The number of hydrogen-bond donors (Lipinski definition) is 0. The van der Waals surface area contributed by atoms with Crippen molar-refractivity contribution >= 4 is 6.29 Å². The van der Waals surface area contributed by atoms with E-state index in [2.05, 4.69) is 0 Å². The summed E-state index contributed by atoms with van der Waals surface area (Å²) in [4.78, 5) is 10.5. The van der Waals surface area contributed by atoms with Crippen molar-refractivity contribution in [1.82, 2.24) is 0 Å². The van der Waals surface area contributed by atoms with E-state index >= 15 is 0 Å². The zero-order valence-corrected chi connectivity index (χ0v) is 8.84. The maximum Gasteiger partial charge on any atom is 0.120 e. The van der Waals surface area contributed by atoms with Crippen LogP contribution in [-0.4, -0.2) is 18.5 Å². The molecule has 0 aromatic carbocycles. The van der Waals surface area contributed by atoms with Gasteiger partial charge >= 0.3 is 0 Å². The Labute approximate surface area is 86.0 Å². The molecule has 2 fully saturated rings. The van der Waals surface area contributed by atoms with Gasteiger partial charge in [-0.2, -0.15) is 0 Å². The maximum absolute atomic E-state index is 10.5. The Morgan fingerprint density at radius 3 is 2.79 bits per heavy atom. The zero-order chi connectivity index (χ0) is 9.86. The lowest BCUT2D eigenvalue weighted by Crippen LogP contribution is -2.41. The van der Waals surface area contributed by atoms with E-state index in [4.69, 9.17) is 4.74 Å². The molecule has 1 heterocycles. The molecule has 0 aromatic heterocycles. The van der Waals surface area contributed by atoms with Gasteiger partial charge in [0.25, 0.3) is 0 Å². The van der Waals surface area contributed by atoms with Gasteiger partial charge in [0.15, 0.2) is 0 Å². The van der Waals surface area contributed by atoms with Crippen LogP contribution in [0.25, 0.3) is 0 Å². The molecule has 1 spiro atoms. The fourth-order valence-electron chi connectivity index (χ4n) is 3.01. The van der Waals surface area contributed by atoms with Crippen molar-refractivity contribution in [3.63, 3.8) is 0 Å². The van der Waals surface area contributed by atoms with Crippen LogP contribution in [0.1, 0.15) is 51.4 Å². The number of carbonyl (C=O) groups is 1. The van der Waals surface area contributed by atoms with Gasteiger partial charge in [0.1, 0.15) is 6.29 Å². The van der Waals surface area contributed by atoms with E-state index in [9.17, 15) is 4.79 Å². The van der Waals surface area contributed by atoms with E-state index in [0.717, 1.165) is 32.2 Å². The molecule has 2 aliphatic rings. The van der Waals surface area contributed by atoms with Gasteiger partial charge in [0.05, 0.1) is 5.60 Å². The molecule has 0 radical (unpaired) electrons. The monoisotopic (exact) mass is 196 g/mol. The van der Waals surface area contributed by atoms with Gasteiger partial charge in [0.2, 0.25) is 0 Å². The Morgan fingerprint density at radius 1 is 1.29 bits per heavy atom. The highest BCUT2D eigenvalue weighted by molar-refractivity contribution is 5.49. The van der Waals surface area contributed by atoms with Crippen LogP contribution in [0.3, 0.4) is 0 Å². The third kappa shape index (κ3) is 2.17. The minimum atomic E-state index is 0.171. The quantitative estimate of drug-likeness (QED) is 0.635. The van der Waals surface area contributed by atoms with E-state index < -0.39 is 0 Å². The fraction of sp³-hybridized carbons (Fsp3) is 0.917. The molecule has 80 valence electrons. The highest BCUT2D eigenvalue weighted by Crippen LogP contribution is 2.41. The molecular weight excluding hydrogens is 176 g/mol. The number of carbonyl (C=O) groups excluding carboxylic acids is 1. The molecule has 0 N–H and O–H groups in total. The topological polar surface area (TPSA) is 26.3 Å². The second kappa shape index (κ2) is 4.43. The summed E-state index contributed by atoms with van der Waals surface area (Å²) in [6.07, 6.45) is 10.5. The number of ether oxygens (including phenoxy) is 1. The molecule has 2 nitrogen and oxygen atoms in total. The second-order valence-electron chi connectivity index (χ2n) is 4.85. The minimum absolute atomic E-state index is 0.171. The zero-order valence-electron chi connectivity index (χ0n) is 8.84. The lowest BCUT2D eigenvalue weighted by atomic mass is 9.75. The molecule has 14 heavy (non-hydrogen) atoms. The maximum atomic E-state index is 10.5. The van der Waals surface area contributed by atoms with Crippen LogP contribution in [0.15, 0.2) is 0 Å². The molecular formula is C12H20O2. The molecule has 1 saturated heterocycles. The minimum Gasteiger partial charge on any atom is -0.375 e. The first kappa shape index (κ1) is 10.2. The van der Waals surface area contributed by atoms with E-state index in [1.54, 1.807) is 0 Å². The lowest BCUT2D eigenvalue weighted by molar-refractivity contribution is -0.124. The molecule has 0 aromatic rings. The van der Waals surface area contributed by atoms with Crippen LogP contribution in [0.2, 0.25) is 0 Å². The highest BCUT2D eigenvalue weighted by atomic mass is 16.5. The van der Waals surface area contributed by atoms with Crippen LogP contribution < -0.4 is 0 Å². The molecule has 1 aliphatic carbocycles. The number of aldehydes is 1. The van der Waals surface area contributed by atoms with Gasteiger partial charge in [-0.25, -0.2) is 0 Å². The number of rotatable bonds is 2. The molecule has 2 rings (SSSR count). The molecule has 2 heteroatoms. The first-order valence-electron chi connectivity index (χ1n) is 5.92. The summed E-state index contributed by atoms with van der Waals surface area (Å²) in [5.41, 5.74) is 0.171. The Morgan fingerprint density at radius 2 is 2.07 bits per heavy atom. The summed E-state index contributed by atoms with van der Waals surface area (Å²) in [7, 11) is 0. The molecule has 0 amide bonds. The standard InChI is InChI=1S/C12H20O2/c13-8-4-11-5-9-14-12(10-11)6-2-1-3-7-12/h8,11H,1-7,9-10H2. The Kier molecular flexibility index (Phi) is 3.22. The molecule has 1 saturated carbocycles. The van der Waals surface area contributed by atoms with E-state index in [-0.39, 0.29) is 5.60 Å². The van der Waals surface area contributed by atoms with Crippen LogP contribution in [0, 0.1) is 5.92 Å². The van der Waals surface area contributed by atoms with E-state index in [1.807, 2.05) is 0 Å². The van der Waals surface area contributed by atoms with Gasteiger partial charge in [0, 0.05) is 13.0 Å². The first-order chi connectivity index (χ1) is 6.85. The van der Waals surface area contributed by atoms with Crippen molar-refractivity contribution in [3.8, 4) is 0 Å². The summed E-state index contributed by atoms with van der Waals surface area (Å²) in [6, 6.07) is 0. The first-order valence-corrected chi connectivity index (χ1v) is 5.92. The van der Waals surface area contributed by atoms with Gasteiger partial charge in [-0.05, 0) is 31.6 Å². The Balaban J connectivity index is 1.94. The van der Waals surface area contributed by atoms with Gasteiger partial charge < -0.3 is 9.53 Å². The summed E-state index contributed by atoms with van der Waals surface area (Å²) in [6.45, 7) is 0.874. The summed E-state index contributed by atoms with van der Waals surface area (Å²) in [5.74, 6) is 0.597. The average Bonchev–Trinajstić information content (AvgIpc) is 2.19. The average molecular weight is 196 g/mol. The number of hydrogen-bond acceptors (Lipinski definition) is 2. The van der Waals surface area contributed by atoms with Crippen LogP contribution in [0.5, 0.6) is 0 Å². The Hall–Kier alpha value is -0.370. The van der Waals surface area contributed by atoms with Crippen molar-refractivity contribution in [1.29, 1.82) is 0 Å². The van der Waals surface area contributed by atoms with Crippen LogP contribution in [0.4, 0.5) is 0 Å². The van der Waals surface area contributed by atoms with Crippen molar-refractivity contribution in [2.24, 2.45) is 5.92 Å². The normalized spacial score (nSPS) is 31.6. The molecule has 1 aliphatic heterocycles. The van der Waals surface area contributed by atoms with Crippen molar-refractivity contribution < 1.29 is 9.53 Å². The van der Waals surface area contributed by atoms with Crippen molar-refractivity contribution in [2.45, 2.75) is 57.0 Å². The predicted molar refractivity (Wildman–Crippen MR) is 55.2 cm³/mol. The Bertz CT molecular complexity index is 189. The van der Waals surface area contributed by atoms with E-state index in [1.165, 1.54) is 32.1 Å². The lowest BCUT2D eigenvalue weighted by Gasteiger charge is -2.43. The van der Waals surface area contributed by atoms with E-state index in [0.29, 0.717) is 5.92 Å². The SMILES string of the molecule is O=CCC1CCOC2(CCCCC2)C1. The molecule has 1 atom stereocenters. The summed E-state index contributed by atoms with van der Waals surface area (Å²) < 4.78 is 5.97. The second-order valence-corrected chi connectivity index (χ2v) is 4.85. The van der Waals surface area contributed by atoms with Crippen LogP contribution >= 0.6 is 0 Å². The molecule has 1 unspecified atom stereocenters. The van der Waals surface area contributed by atoms with Gasteiger partial charge in [-0.3, -0.25) is 0 Å². The largest absolute Gasteiger partial charge is 0.375 e. The van der Waals surface area contributed by atoms with Crippen molar-refractivity contribution in [3.05, 3.63) is 0 Å². The van der Waals surface area contributed by atoms with Gasteiger partial charge in [-0.1, -0.05) is 19.3 Å². The highest BCUT2D eigenvalue weighted by Gasteiger charge is 2.37. The third-order valence-corrected chi connectivity index (χ3v) is 3.79. The smallest absolute Gasteiger partial charge is 0.120 e. The van der Waals surface area contributed by atoms with Crippen molar-refractivity contribution in [2.75, 3.05) is 6.61 Å². The molecule has 0 bridgehead atoms. The summed E-state index contributed by atoms with van der Waals surface area (Å²) in [5, 5.41) is 0. The summed E-state index contributed by atoms with van der Waals surface area (Å²) >= 11 is 0. The fourth-order valence-corrected chi connectivity index (χ4v) is 3.01. The third-order valence-electron chi connectivity index (χ3n) is 3.79. The van der Waals surface area contributed by atoms with Gasteiger partial charge in [-0.15, -0.1) is 0 Å². The predicted octanol–water partition coefficient (Wildman–Crippen LogP) is 2.70.